The highest BCUT2D eigenvalue weighted by atomic mass is 16.5. The quantitative estimate of drug-likeness (QED) is 0.0730. The van der Waals surface area contributed by atoms with Crippen molar-refractivity contribution in [3.05, 3.63) is 0 Å². The molecule has 0 saturated carbocycles. The van der Waals surface area contributed by atoms with E-state index in [1.165, 1.54) is 141 Å². The largest absolute Gasteiger partial charge is 0.379 e. The van der Waals surface area contributed by atoms with Crippen molar-refractivity contribution in [2.75, 3.05) is 39.5 Å². The third kappa shape index (κ3) is 33.7. The van der Waals surface area contributed by atoms with Crippen LogP contribution in [-0.4, -0.2) is 51.5 Å². The Bertz CT molecular complexity index is 503. The second-order valence-corrected chi connectivity index (χ2v) is 12.3. The second-order valence-electron chi connectivity index (χ2n) is 12.3. The van der Waals surface area contributed by atoms with E-state index in [0.29, 0.717) is 19.7 Å². The highest BCUT2D eigenvalue weighted by Gasteiger charge is 2.11. The minimum atomic E-state index is -0.0600. The predicted molar refractivity (Wildman–Crippen MR) is 179 cm³/mol. The fraction of sp³-hybridized carbons (Fsp3) is 0.972. The third-order valence-corrected chi connectivity index (χ3v) is 8.04. The van der Waals surface area contributed by atoms with Gasteiger partial charge in [-0.2, -0.15) is 0 Å². The van der Waals surface area contributed by atoms with Crippen molar-refractivity contribution in [1.29, 1.82) is 0 Å². The smallest absolute Gasteiger partial charge is 0.234 e. The van der Waals surface area contributed by atoms with E-state index >= 15 is 0 Å². The summed E-state index contributed by atoms with van der Waals surface area (Å²) in [7, 11) is 0. The molecule has 0 aromatic carbocycles. The maximum Gasteiger partial charge on any atom is 0.234 e. The number of carbonyl (C=O) groups is 1. The summed E-state index contributed by atoms with van der Waals surface area (Å²) in [6.07, 6.45) is 33.4. The van der Waals surface area contributed by atoms with Gasteiger partial charge >= 0.3 is 0 Å². The Balaban J connectivity index is 3.87. The average molecular weight is 583 g/mol. The van der Waals surface area contributed by atoms with Crippen LogP contribution in [0.25, 0.3) is 0 Å². The Labute approximate surface area is 257 Å². The first-order valence-electron chi connectivity index (χ1n) is 18.4. The lowest BCUT2D eigenvalue weighted by molar-refractivity contribution is -0.121. The van der Waals surface area contributed by atoms with Gasteiger partial charge in [-0.05, 0) is 25.8 Å². The highest BCUT2D eigenvalue weighted by molar-refractivity contribution is 5.77. The van der Waals surface area contributed by atoms with Crippen molar-refractivity contribution in [1.82, 2.24) is 10.6 Å². The fourth-order valence-electron chi connectivity index (χ4n) is 5.29. The summed E-state index contributed by atoms with van der Waals surface area (Å²) in [5.41, 5.74) is 0. The van der Waals surface area contributed by atoms with E-state index in [-0.39, 0.29) is 12.0 Å². The summed E-state index contributed by atoms with van der Waals surface area (Å²) in [5, 5.41) is 6.20. The van der Waals surface area contributed by atoms with Crippen LogP contribution in [0.3, 0.4) is 0 Å². The minimum Gasteiger partial charge on any atom is -0.379 e. The molecule has 0 aliphatic heterocycles. The molecule has 0 saturated heterocycles. The van der Waals surface area contributed by atoms with Gasteiger partial charge < -0.3 is 20.1 Å². The number of nitrogens with one attached hydrogen (secondary N) is 2. The van der Waals surface area contributed by atoms with Crippen molar-refractivity contribution in [2.24, 2.45) is 0 Å². The molecule has 0 heterocycles. The molecule has 0 spiro atoms. The molecule has 1 atom stereocenters. The number of unbranched alkanes of at least 4 members (excludes halogenated alkanes) is 22. The summed E-state index contributed by atoms with van der Waals surface area (Å²) < 4.78 is 12.2. The lowest BCUT2D eigenvalue weighted by atomic mass is 10.1. The molecule has 5 heteroatoms. The van der Waals surface area contributed by atoms with E-state index in [1.807, 2.05) is 0 Å². The van der Waals surface area contributed by atoms with E-state index < -0.39 is 0 Å². The van der Waals surface area contributed by atoms with Crippen LogP contribution >= 0.6 is 0 Å². The molecule has 1 amide bonds. The van der Waals surface area contributed by atoms with E-state index in [1.54, 1.807) is 0 Å². The Morgan fingerprint density at radius 3 is 1.39 bits per heavy atom. The zero-order valence-electron chi connectivity index (χ0n) is 28.2. The van der Waals surface area contributed by atoms with Crippen LogP contribution in [0.2, 0.25) is 0 Å². The summed E-state index contributed by atoms with van der Waals surface area (Å²) >= 11 is 0. The SMILES string of the molecule is CCCCCCCCCCCCCCOCC(CNC(=O)CNCCC)OCCCCCCCCCCCCCC. The van der Waals surface area contributed by atoms with Crippen LogP contribution in [0.4, 0.5) is 0 Å². The molecule has 0 aromatic rings. The molecular formula is C36H74N2O3. The first-order valence-corrected chi connectivity index (χ1v) is 18.4. The molecule has 41 heavy (non-hydrogen) atoms. The number of amides is 1. The topological polar surface area (TPSA) is 59.6 Å². The van der Waals surface area contributed by atoms with Crippen LogP contribution in [-0.2, 0) is 14.3 Å². The summed E-state index contributed by atoms with van der Waals surface area (Å²) in [4.78, 5) is 12.1. The van der Waals surface area contributed by atoms with Crippen LogP contribution in [0.1, 0.15) is 181 Å². The van der Waals surface area contributed by atoms with Gasteiger partial charge in [0.05, 0.1) is 19.3 Å². The average Bonchev–Trinajstić information content (AvgIpc) is 2.98. The lowest BCUT2D eigenvalue weighted by Crippen LogP contribution is -2.40. The molecule has 0 rings (SSSR count). The van der Waals surface area contributed by atoms with Gasteiger partial charge in [0.15, 0.2) is 0 Å². The van der Waals surface area contributed by atoms with Crippen molar-refractivity contribution in [3.8, 4) is 0 Å². The van der Waals surface area contributed by atoms with Crippen molar-refractivity contribution >= 4 is 5.91 Å². The maximum absolute atomic E-state index is 12.1. The van der Waals surface area contributed by atoms with Gasteiger partial charge in [0.25, 0.3) is 0 Å². The number of hydrogen-bond acceptors (Lipinski definition) is 4. The molecule has 0 aromatic heterocycles. The number of carbonyl (C=O) groups excluding carboxylic acids is 1. The Hall–Kier alpha value is -0.650. The van der Waals surface area contributed by atoms with Gasteiger partial charge in [-0.1, -0.05) is 162 Å². The van der Waals surface area contributed by atoms with Gasteiger partial charge in [-0.15, -0.1) is 0 Å². The summed E-state index contributed by atoms with van der Waals surface area (Å²) in [5.74, 6) is 0.0402. The van der Waals surface area contributed by atoms with Crippen LogP contribution in [0, 0.1) is 0 Å². The molecule has 0 aliphatic rings. The predicted octanol–water partition coefficient (Wildman–Crippen LogP) is 9.91. The van der Waals surface area contributed by atoms with Gasteiger partial charge in [0, 0.05) is 19.8 Å². The number of rotatable bonds is 35. The number of hydrogen-bond donors (Lipinski definition) is 2. The first kappa shape index (κ1) is 40.4. The third-order valence-electron chi connectivity index (χ3n) is 8.04. The van der Waals surface area contributed by atoms with Crippen LogP contribution in [0.15, 0.2) is 0 Å². The molecule has 5 nitrogen and oxygen atoms in total. The zero-order chi connectivity index (χ0) is 29.9. The van der Waals surface area contributed by atoms with E-state index in [2.05, 4.69) is 31.4 Å². The van der Waals surface area contributed by atoms with Crippen molar-refractivity contribution in [3.63, 3.8) is 0 Å². The minimum absolute atomic E-state index is 0.0402. The normalized spacial score (nSPS) is 12.2. The molecule has 2 N–H and O–H groups in total. The second kappa shape index (κ2) is 35.5. The van der Waals surface area contributed by atoms with E-state index in [0.717, 1.165) is 39.0 Å². The lowest BCUT2D eigenvalue weighted by Gasteiger charge is -2.19. The van der Waals surface area contributed by atoms with Crippen molar-refractivity contribution < 1.29 is 14.3 Å². The van der Waals surface area contributed by atoms with Crippen molar-refractivity contribution in [2.45, 2.75) is 187 Å². The maximum atomic E-state index is 12.1. The van der Waals surface area contributed by atoms with Gasteiger partial charge in [0.2, 0.25) is 5.91 Å². The Morgan fingerprint density at radius 1 is 0.537 bits per heavy atom. The number of ether oxygens (including phenoxy) is 2. The standard InChI is InChI=1S/C36H74N2O3/c1-4-7-9-11-13-15-17-19-21-23-25-27-30-40-34-35(32-38-36(39)33-37-29-6-3)41-31-28-26-24-22-20-18-16-14-12-10-8-5-2/h35,37H,4-34H2,1-3H3,(H,38,39). The molecule has 0 fully saturated rings. The first-order chi connectivity index (χ1) is 20.2. The van der Waals surface area contributed by atoms with Gasteiger partial charge in [0.1, 0.15) is 0 Å². The monoisotopic (exact) mass is 583 g/mol. The Morgan fingerprint density at radius 2 is 0.951 bits per heavy atom. The summed E-state index contributed by atoms with van der Waals surface area (Å²) in [6, 6.07) is 0. The zero-order valence-corrected chi connectivity index (χ0v) is 28.2. The van der Waals surface area contributed by atoms with Gasteiger partial charge in [-0.25, -0.2) is 0 Å². The highest BCUT2D eigenvalue weighted by Crippen LogP contribution is 2.13. The summed E-state index contributed by atoms with van der Waals surface area (Å²) in [6.45, 7) is 10.6. The fourth-order valence-corrected chi connectivity index (χ4v) is 5.29. The van der Waals surface area contributed by atoms with Gasteiger partial charge in [-0.3, -0.25) is 4.79 Å². The Kier molecular flexibility index (Phi) is 35.0. The van der Waals surface area contributed by atoms with E-state index in [9.17, 15) is 4.79 Å². The van der Waals surface area contributed by atoms with Crippen LogP contribution < -0.4 is 10.6 Å². The molecule has 0 bridgehead atoms. The van der Waals surface area contributed by atoms with Crippen LogP contribution in [0.5, 0.6) is 0 Å². The molecule has 0 aliphatic carbocycles. The molecular weight excluding hydrogens is 508 g/mol. The molecule has 246 valence electrons. The van der Waals surface area contributed by atoms with E-state index in [4.69, 9.17) is 9.47 Å². The molecule has 1 unspecified atom stereocenters. The molecule has 0 radical (unpaired) electrons.